The number of nitrogens with one attached hydrogen (secondary N) is 2. The van der Waals surface area contributed by atoms with Crippen LogP contribution < -0.4 is 10.6 Å². The number of carbonyl (C=O) groups is 2. The maximum absolute atomic E-state index is 11.4. The number of rotatable bonds is 7. The minimum Gasteiger partial charge on any atom is -0.480 e. The molecule has 0 bridgehead atoms. The fourth-order valence-electron chi connectivity index (χ4n) is 1.20. The van der Waals surface area contributed by atoms with Gasteiger partial charge in [-0.1, -0.05) is 27.7 Å². The molecule has 0 radical (unpaired) electrons. The molecule has 0 fully saturated rings. The molecule has 94 valence electrons. The molecular formula is C11H22N2O3. The number of aliphatic carboxylic acids is 1. The van der Waals surface area contributed by atoms with Crippen molar-refractivity contribution in [2.75, 3.05) is 6.54 Å². The van der Waals surface area contributed by atoms with E-state index in [4.69, 9.17) is 5.11 Å². The normalized spacial score (nSPS) is 12.9. The quantitative estimate of drug-likeness (QED) is 0.598. The van der Waals surface area contributed by atoms with Crippen LogP contribution in [0.15, 0.2) is 0 Å². The molecule has 0 saturated heterocycles. The third-order valence-electron chi connectivity index (χ3n) is 1.93. The number of amides is 1. The summed E-state index contributed by atoms with van der Waals surface area (Å²) in [5.41, 5.74) is 0. The zero-order valence-corrected chi connectivity index (χ0v) is 10.4. The molecule has 0 rings (SSSR count). The Bertz CT molecular complexity index is 239. The lowest BCUT2D eigenvalue weighted by atomic mass is 10.1. The van der Waals surface area contributed by atoms with Crippen LogP contribution in [-0.2, 0) is 9.59 Å². The Morgan fingerprint density at radius 2 is 1.75 bits per heavy atom. The molecule has 5 nitrogen and oxygen atoms in total. The molecule has 1 unspecified atom stereocenters. The van der Waals surface area contributed by atoms with Crippen molar-refractivity contribution >= 4 is 11.9 Å². The molecule has 0 heterocycles. The van der Waals surface area contributed by atoms with E-state index in [0.29, 0.717) is 12.5 Å². The van der Waals surface area contributed by atoms with E-state index in [-0.39, 0.29) is 18.4 Å². The highest BCUT2D eigenvalue weighted by molar-refractivity contribution is 5.84. The Kier molecular flexibility index (Phi) is 6.72. The molecule has 0 aromatic heterocycles. The van der Waals surface area contributed by atoms with Crippen LogP contribution >= 0.6 is 0 Å². The van der Waals surface area contributed by atoms with Crippen LogP contribution in [-0.4, -0.2) is 35.6 Å². The first-order valence-corrected chi connectivity index (χ1v) is 5.58. The monoisotopic (exact) mass is 230 g/mol. The second-order valence-electron chi connectivity index (χ2n) is 4.61. The third kappa shape index (κ3) is 7.23. The van der Waals surface area contributed by atoms with Gasteiger partial charge < -0.3 is 15.7 Å². The molecule has 0 aliphatic rings. The van der Waals surface area contributed by atoms with Gasteiger partial charge in [-0.15, -0.1) is 0 Å². The first-order valence-electron chi connectivity index (χ1n) is 5.58. The lowest BCUT2D eigenvalue weighted by molar-refractivity contribution is -0.141. The van der Waals surface area contributed by atoms with Gasteiger partial charge in [0.25, 0.3) is 0 Å². The van der Waals surface area contributed by atoms with Crippen molar-refractivity contribution in [1.29, 1.82) is 0 Å². The summed E-state index contributed by atoms with van der Waals surface area (Å²) in [5.74, 6) is -0.854. The molecule has 1 atom stereocenters. The number of hydrogen-bond donors (Lipinski definition) is 3. The van der Waals surface area contributed by atoms with Gasteiger partial charge in [-0.25, -0.2) is 0 Å². The standard InChI is InChI=1S/C11H22N2O3/c1-7(2)6-12-10(14)5-9(11(15)16)13-8(3)4/h7-9,13H,5-6H2,1-4H3,(H,12,14)(H,15,16). The van der Waals surface area contributed by atoms with Gasteiger partial charge >= 0.3 is 5.97 Å². The summed E-state index contributed by atoms with van der Waals surface area (Å²) in [6.45, 7) is 8.25. The SMILES string of the molecule is CC(C)CNC(=O)CC(NC(C)C)C(=O)O. The van der Waals surface area contributed by atoms with Crippen molar-refractivity contribution in [1.82, 2.24) is 10.6 Å². The lowest BCUT2D eigenvalue weighted by Gasteiger charge is -2.17. The molecule has 0 spiro atoms. The lowest BCUT2D eigenvalue weighted by Crippen LogP contribution is -2.44. The highest BCUT2D eigenvalue weighted by Gasteiger charge is 2.21. The van der Waals surface area contributed by atoms with E-state index < -0.39 is 12.0 Å². The summed E-state index contributed by atoms with van der Waals surface area (Å²) in [4.78, 5) is 22.3. The number of carboxylic acid groups (broad SMARTS) is 1. The first-order chi connectivity index (χ1) is 7.32. The number of carboxylic acids is 1. The van der Waals surface area contributed by atoms with Crippen LogP contribution in [0.3, 0.4) is 0 Å². The van der Waals surface area contributed by atoms with E-state index >= 15 is 0 Å². The molecule has 0 aromatic rings. The van der Waals surface area contributed by atoms with Gasteiger partial charge in [0.1, 0.15) is 6.04 Å². The molecule has 16 heavy (non-hydrogen) atoms. The molecule has 3 N–H and O–H groups in total. The largest absolute Gasteiger partial charge is 0.480 e. The first kappa shape index (κ1) is 14.9. The van der Waals surface area contributed by atoms with Crippen LogP contribution in [0.1, 0.15) is 34.1 Å². The summed E-state index contributed by atoms with van der Waals surface area (Å²) in [6, 6.07) is -0.772. The van der Waals surface area contributed by atoms with Crippen LogP contribution in [0.5, 0.6) is 0 Å². The predicted octanol–water partition coefficient (Wildman–Crippen LogP) is 0.600. The van der Waals surface area contributed by atoms with E-state index in [1.165, 1.54) is 0 Å². The van der Waals surface area contributed by atoms with Gasteiger partial charge in [0.2, 0.25) is 5.91 Å². The van der Waals surface area contributed by atoms with Crippen LogP contribution in [0.4, 0.5) is 0 Å². The average Bonchev–Trinajstić information content (AvgIpc) is 2.12. The Balaban J connectivity index is 4.08. The van der Waals surface area contributed by atoms with E-state index in [1.807, 2.05) is 27.7 Å². The van der Waals surface area contributed by atoms with E-state index in [9.17, 15) is 9.59 Å². The molecular weight excluding hydrogens is 208 g/mol. The molecule has 5 heteroatoms. The molecule has 0 aliphatic heterocycles. The van der Waals surface area contributed by atoms with Crippen LogP contribution in [0.2, 0.25) is 0 Å². The van der Waals surface area contributed by atoms with Crippen molar-refractivity contribution in [3.63, 3.8) is 0 Å². The van der Waals surface area contributed by atoms with Crippen molar-refractivity contribution in [2.24, 2.45) is 5.92 Å². The molecule has 1 amide bonds. The van der Waals surface area contributed by atoms with Crippen molar-refractivity contribution in [3.05, 3.63) is 0 Å². The predicted molar refractivity (Wildman–Crippen MR) is 62.2 cm³/mol. The zero-order valence-electron chi connectivity index (χ0n) is 10.4. The fraction of sp³-hybridized carbons (Fsp3) is 0.818. The van der Waals surface area contributed by atoms with Gasteiger partial charge in [-0.2, -0.15) is 0 Å². The molecule has 0 aliphatic carbocycles. The van der Waals surface area contributed by atoms with Crippen LogP contribution in [0.25, 0.3) is 0 Å². The maximum atomic E-state index is 11.4. The minimum atomic E-state index is -0.992. The fourth-order valence-corrected chi connectivity index (χ4v) is 1.20. The highest BCUT2D eigenvalue weighted by Crippen LogP contribution is 1.96. The van der Waals surface area contributed by atoms with E-state index in [2.05, 4.69) is 10.6 Å². The second-order valence-corrected chi connectivity index (χ2v) is 4.61. The average molecular weight is 230 g/mol. The van der Waals surface area contributed by atoms with Gasteiger partial charge in [-0.05, 0) is 5.92 Å². The van der Waals surface area contributed by atoms with Crippen molar-refractivity contribution < 1.29 is 14.7 Å². The summed E-state index contributed by atoms with van der Waals surface area (Å²) in [5, 5.41) is 14.4. The molecule has 0 saturated carbocycles. The van der Waals surface area contributed by atoms with E-state index in [0.717, 1.165) is 0 Å². The number of hydrogen-bond acceptors (Lipinski definition) is 3. The van der Waals surface area contributed by atoms with Gasteiger partial charge in [0.15, 0.2) is 0 Å². The Morgan fingerprint density at radius 3 is 2.12 bits per heavy atom. The minimum absolute atomic E-state index is 0.0275. The van der Waals surface area contributed by atoms with Crippen molar-refractivity contribution in [3.8, 4) is 0 Å². The summed E-state index contributed by atoms with van der Waals surface area (Å²) < 4.78 is 0. The summed E-state index contributed by atoms with van der Waals surface area (Å²) in [6.07, 6.45) is -0.0275. The van der Waals surface area contributed by atoms with Gasteiger partial charge in [-0.3, -0.25) is 9.59 Å². The number of carbonyl (C=O) groups excluding carboxylic acids is 1. The Morgan fingerprint density at radius 1 is 1.19 bits per heavy atom. The smallest absolute Gasteiger partial charge is 0.321 e. The zero-order chi connectivity index (χ0) is 12.7. The summed E-state index contributed by atoms with van der Waals surface area (Å²) in [7, 11) is 0. The highest BCUT2D eigenvalue weighted by atomic mass is 16.4. The second kappa shape index (κ2) is 7.22. The topological polar surface area (TPSA) is 78.4 Å². The summed E-state index contributed by atoms with van der Waals surface area (Å²) >= 11 is 0. The Hall–Kier alpha value is -1.10. The molecule has 0 aromatic carbocycles. The van der Waals surface area contributed by atoms with Crippen molar-refractivity contribution in [2.45, 2.75) is 46.2 Å². The van der Waals surface area contributed by atoms with Gasteiger partial charge in [0, 0.05) is 12.6 Å². The third-order valence-corrected chi connectivity index (χ3v) is 1.93. The van der Waals surface area contributed by atoms with Crippen LogP contribution in [0, 0.1) is 5.92 Å². The van der Waals surface area contributed by atoms with Gasteiger partial charge in [0.05, 0.1) is 6.42 Å². The maximum Gasteiger partial charge on any atom is 0.321 e. The van der Waals surface area contributed by atoms with E-state index in [1.54, 1.807) is 0 Å². The Labute approximate surface area is 96.6 Å².